The maximum Gasteiger partial charge on any atom is 0.221 e. The van der Waals surface area contributed by atoms with Gasteiger partial charge in [-0.25, -0.2) is 0 Å². The molecule has 0 aliphatic heterocycles. The van der Waals surface area contributed by atoms with Crippen molar-refractivity contribution in [1.82, 2.24) is 14.7 Å². The summed E-state index contributed by atoms with van der Waals surface area (Å²) in [5.74, 6) is 0.362. The molecule has 0 radical (unpaired) electrons. The van der Waals surface area contributed by atoms with Crippen LogP contribution in [0.1, 0.15) is 43.5 Å². The Morgan fingerprint density at radius 3 is 2.57 bits per heavy atom. The van der Waals surface area contributed by atoms with Crippen LogP contribution in [0.15, 0.2) is 30.5 Å². The number of aryl methyl sites for hydroxylation is 1. The molecule has 0 bridgehead atoms. The van der Waals surface area contributed by atoms with Gasteiger partial charge < -0.3 is 5.32 Å². The molecule has 5 nitrogen and oxygen atoms in total. The first-order valence-electron chi connectivity index (χ1n) is 7.93. The number of nitrogens with zero attached hydrogens (tertiary/aromatic N) is 3. The number of benzene rings is 1. The molecule has 0 saturated carbocycles. The quantitative estimate of drug-likeness (QED) is 0.891. The van der Waals surface area contributed by atoms with E-state index in [0.29, 0.717) is 5.92 Å². The topological polar surface area (TPSA) is 50.2 Å². The summed E-state index contributed by atoms with van der Waals surface area (Å²) < 4.78 is 1.88. The molecule has 0 unspecified atom stereocenters. The number of para-hydroxylation sites is 1. The van der Waals surface area contributed by atoms with Crippen LogP contribution in [0.4, 0.5) is 5.69 Å². The van der Waals surface area contributed by atoms with Gasteiger partial charge in [0.15, 0.2) is 0 Å². The molecular formula is C18H26N4O. The number of aromatic nitrogens is 2. The van der Waals surface area contributed by atoms with E-state index in [1.807, 2.05) is 36.0 Å². The number of carbonyl (C=O) groups excluding carboxylic acids is 1. The van der Waals surface area contributed by atoms with Gasteiger partial charge in [0.05, 0.1) is 5.69 Å². The number of hydrogen-bond donors (Lipinski definition) is 1. The summed E-state index contributed by atoms with van der Waals surface area (Å²) in [5, 5.41) is 7.45. The zero-order chi connectivity index (χ0) is 17.0. The molecule has 0 saturated heterocycles. The van der Waals surface area contributed by atoms with E-state index in [1.165, 1.54) is 12.5 Å². The van der Waals surface area contributed by atoms with Crippen molar-refractivity contribution in [3.05, 3.63) is 47.3 Å². The lowest BCUT2D eigenvalue weighted by molar-refractivity contribution is -0.114. The fourth-order valence-electron chi connectivity index (χ4n) is 2.77. The van der Waals surface area contributed by atoms with Gasteiger partial charge in [-0.15, -0.1) is 0 Å². The van der Waals surface area contributed by atoms with Crippen molar-refractivity contribution >= 4 is 11.6 Å². The third-order valence-electron chi connectivity index (χ3n) is 3.69. The Morgan fingerprint density at radius 2 is 1.91 bits per heavy atom. The van der Waals surface area contributed by atoms with Crippen LogP contribution >= 0.6 is 0 Å². The SMILES string of the molecule is CC(=O)Nc1ccccc1CN(C)Cc1cn(C)nc1C(C)C. The van der Waals surface area contributed by atoms with Gasteiger partial charge in [0.2, 0.25) is 5.91 Å². The largest absolute Gasteiger partial charge is 0.326 e. The molecule has 0 fully saturated rings. The van der Waals surface area contributed by atoms with Gasteiger partial charge >= 0.3 is 0 Å². The number of amides is 1. The molecule has 124 valence electrons. The van der Waals surface area contributed by atoms with Gasteiger partial charge in [-0.3, -0.25) is 14.4 Å². The van der Waals surface area contributed by atoms with Gasteiger partial charge in [-0.05, 0) is 24.6 Å². The number of anilines is 1. The fourth-order valence-corrected chi connectivity index (χ4v) is 2.77. The Labute approximate surface area is 138 Å². The third-order valence-corrected chi connectivity index (χ3v) is 3.69. The van der Waals surface area contributed by atoms with Crippen LogP contribution in [0.25, 0.3) is 0 Å². The number of hydrogen-bond acceptors (Lipinski definition) is 3. The lowest BCUT2D eigenvalue weighted by Gasteiger charge is -2.19. The molecule has 0 aliphatic carbocycles. The van der Waals surface area contributed by atoms with E-state index in [2.05, 4.69) is 42.4 Å². The van der Waals surface area contributed by atoms with Crippen LogP contribution in [0.2, 0.25) is 0 Å². The highest BCUT2D eigenvalue weighted by molar-refractivity contribution is 5.89. The van der Waals surface area contributed by atoms with E-state index in [0.717, 1.165) is 30.0 Å². The standard InChI is InChI=1S/C18H26N4O/c1-13(2)18-16(12-22(5)20-18)11-21(4)10-15-8-6-7-9-17(15)19-14(3)23/h6-9,12-13H,10-11H2,1-5H3,(H,19,23). The van der Waals surface area contributed by atoms with Crippen LogP contribution in [-0.2, 0) is 24.9 Å². The molecule has 2 aromatic rings. The lowest BCUT2D eigenvalue weighted by Crippen LogP contribution is -2.19. The van der Waals surface area contributed by atoms with E-state index >= 15 is 0 Å². The Morgan fingerprint density at radius 1 is 1.26 bits per heavy atom. The van der Waals surface area contributed by atoms with Crippen molar-refractivity contribution in [3.63, 3.8) is 0 Å². The summed E-state index contributed by atoms with van der Waals surface area (Å²) in [6.45, 7) is 7.46. The third kappa shape index (κ3) is 4.66. The fraction of sp³-hybridized carbons (Fsp3) is 0.444. The molecular weight excluding hydrogens is 288 g/mol. The highest BCUT2D eigenvalue weighted by Crippen LogP contribution is 2.21. The van der Waals surface area contributed by atoms with E-state index in [1.54, 1.807) is 0 Å². The minimum Gasteiger partial charge on any atom is -0.326 e. The second-order valence-electron chi connectivity index (χ2n) is 6.38. The minimum atomic E-state index is -0.0468. The zero-order valence-electron chi connectivity index (χ0n) is 14.6. The molecule has 1 aromatic carbocycles. The molecule has 0 aliphatic rings. The van der Waals surface area contributed by atoms with E-state index in [-0.39, 0.29) is 5.91 Å². The van der Waals surface area contributed by atoms with Gasteiger partial charge in [0, 0.05) is 44.5 Å². The van der Waals surface area contributed by atoms with Crippen LogP contribution in [0.3, 0.4) is 0 Å². The predicted octanol–water partition coefficient (Wildman–Crippen LogP) is 3.13. The normalized spacial score (nSPS) is 11.3. The molecule has 1 amide bonds. The van der Waals surface area contributed by atoms with E-state index < -0.39 is 0 Å². The average Bonchev–Trinajstić information content (AvgIpc) is 2.81. The predicted molar refractivity (Wildman–Crippen MR) is 93.2 cm³/mol. The molecule has 1 N–H and O–H groups in total. The second kappa shape index (κ2) is 7.42. The highest BCUT2D eigenvalue weighted by atomic mass is 16.1. The van der Waals surface area contributed by atoms with Gasteiger partial charge in [-0.1, -0.05) is 32.0 Å². The maximum absolute atomic E-state index is 11.3. The summed E-state index contributed by atoms with van der Waals surface area (Å²) in [5.41, 5.74) is 4.39. The molecule has 1 aromatic heterocycles. The Balaban J connectivity index is 2.11. The number of carbonyl (C=O) groups is 1. The first kappa shape index (κ1) is 17.2. The monoisotopic (exact) mass is 314 g/mol. The Hall–Kier alpha value is -2.14. The van der Waals surface area contributed by atoms with Crippen molar-refractivity contribution in [3.8, 4) is 0 Å². The van der Waals surface area contributed by atoms with Gasteiger partial charge in [0.1, 0.15) is 0 Å². The Kier molecular flexibility index (Phi) is 5.55. The zero-order valence-corrected chi connectivity index (χ0v) is 14.6. The van der Waals surface area contributed by atoms with Crippen LogP contribution in [-0.4, -0.2) is 27.6 Å². The Bertz CT molecular complexity index is 675. The van der Waals surface area contributed by atoms with E-state index in [4.69, 9.17) is 0 Å². The first-order valence-corrected chi connectivity index (χ1v) is 7.93. The smallest absolute Gasteiger partial charge is 0.221 e. The summed E-state index contributed by atoms with van der Waals surface area (Å²) in [7, 11) is 4.04. The van der Waals surface area contributed by atoms with Crippen LogP contribution < -0.4 is 5.32 Å². The minimum absolute atomic E-state index is 0.0468. The molecule has 2 rings (SSSR count). The molecule has 5 heteroatoms. The number of rotatable bonds is 6. The number of nitrogens with one attached hydrogen (secondary N) is 1. The molecule has 0 spiro atoms. The van der Waals surface area contributed by atoms with Crippen molar-refractivity contribution in [2.45, 2.75) is 39.8 Å². The van der Waals surface area contributed by atoms with Crippen molar-refractivity contribution in [2.75, 3.05) is 12.4 Å². The van der Waals surface area contributed by atoms with Crippen LogP contribution in [0.5, 0.6) is 0 Å². The van der Waals surface area contributed by atoms with Crippen molar-refractivity contribution in [2.24, 2.45) is 7.05 Å². The average molecular weight is 314 g/mol. The molecule has 1 heterocycles. The van der Waals surface area contributed by atoms with Crippen molar-refractivity contribution < 1.29 is 4.79 Å². The highest BCUT2D eigenvalue weighted by Gasteiger charge is 2.14. The van der Waals surface area contributed by atoms with Crippen LogP contribution in [0, 0.1) is 0 Å². The first-order chi connectivity index (χ1) is 10.9. The second-order valence-corrected chi connectivity index (χ2v) is 6.38. The van der Waals surface area contributed by atoms with Crippen molar-refractivity contribution in [1.29, 1.82) is 0 Å². The van der Waals surface area contributed by atoms with Gasteiger partial charge in [-0.2, -0.15) is 5.10 Å². The summed E-state index contributed by atoms with van der Waals surface area (Å²) >= 11 is 0. The van der Waals surface area contributed by atoms with Gasteiger partial charge in [0.25, 0.3) is 0 Å². The summed E-state index contributed by atoms with van der Waals surface area (Å²) in [6, 6.07) is 7.92. The van der Waals surface area contributed by atoms with E-state index in [9.17, 15) is 4.79 Å². The lowest BCUT2D eigenvalue weighted by atomic mass is 10.1. The summed E-state index contributed by atoms with van der Waals surface area (Å²) in [4.78, 5) is 13.6. The molecule has 23 heavy (non-hydrogen) atoms. The molecule has 0 atom stereocenters. The summed E-state index contributed by atoms with van der Waals surface area (Å²) in [6.07, 6.45) is 2.09. The maximum atomic E-state index is 11.3.